The number of carboxylic acid groups (broad SMARTS) is 1. The number of anilines is 1. The van der Waals surface area contributed by atoms with Gasteiger partial charge in [0.25, 0.3) is 0 Å². The van der Waals surface area contributed by atoms with Gasteiger partial charge in [0, 0.05) is 12.4 Å². The maximum atomic E-state index is 10.6. The van der Waals surface area contributed by atoms with Crippen LogP contribution in [0, 0.1) is 4.77 Å². The summed E-state index contributed by atoms with van der Waals surface area (Å²) in [6, 6.07) is 0. The first kappa shape index (κ1) is 18.2. The molecule has 124 valence electrons. The van der Waals surface area contributed by atoms with Crippen molar-refractivity contribution in [3.8, 4) is 0 Å². The monoisotopic (exact) mass is 360 g/mol. The zero-order valence-corrected chi connectivity index (χ0v) is 13.5. The summed E-state index contributed by atoms with van der Waals surface area (Å²) < 4.78 is 1.46. The fraction of sp³-hybridized carbons (Fsp3) is 0.200. The van der Waals surface area contributed by atoms with Crippen molar-refractivity contribution in [2.75, 3.05) is 12.8 Å². The second kappa shape index (κ2) is 8.00. The molecule has 0 aromatic carbocycles. The van der Waals surface area contributed by atoms with Crippen LogP contribution >= 0.6 is 23.6 Å². The third-order valence-corrected chi connectivity index (χ3v) is 3.20. The van der Waals surface area contributed by atoms with Crippen LogP contribution in [0.4, 0.5) is 5.13 Å². The van der Waals surface area contributed by atoms with Gasteiger partial charge in [0.2, 0.25) is 5.71 Å². The predicted octanol–water partition coefficient (Wildman–Crippen LogP) is -0.708. The number of aliphatic carboxylic acids is 1. The molecular weight excluding hydrogens is 348 g/mol. The van der Waals surface area contributed by atoms with E-state index < -0.39 is 17.1 Å². The number of hydrogen-bond acceptors (Lipinski definition) is 9. The van der Waals surface area contributed by atoms with Gasteiger partial charge in [-0.05, 0) is 12.2 Å². The van der Waals surface area contributed by atoms with Gasteiger partial charge in [-0.1, -0.05) is 5.16 Å². The second-order valence-corrected chi connectivity index (χ2v) is 5.03. The van der Waals surface area contributed by atoms with Crippen LogP contribution in [0.15, 0.2) is 20.1 Å². The minimum Gasteiger partial charge on any atom is -0.476 e. The normalized spacial score (nSPS) is 10.6. The largest absolute Gasteiger partial charge is 0.476 e. The molecule has 0 saturated heterocycles. The fourth-order valence-electron chi connectivity index (χ4n) is 1.17. The van der Waals surface area contributed by atoms with Crippen LogP contribution in [0.2, 0.25) is 0 Å². The van der Waals surface area contributed by atoms with E-state index in [4.69, 9.17) is 10.8 Å². The second-order valence-electron chi connectivity index (χ2n) is 3.76. The van der Waals surface area contributed by atoms with E-state index in [0.717, 1.165) is 11.3 Å². The van der Waals surface area contributed by atoms with E-state index in [9.17, 15) is 14.4 Å². The Morgan fingerprint density at radius 1 is 1.52 bits per heavy atom. The van der Waals surface area contributed by atoms with Crippen molar-refractivity contribution in [2.45, 2.75) is 0 Å². The summed E-state index contributed by atoms with van der Waals surface area (Å²) in [4.78, 5) is 42.0. The van der Waals surface area contributed by atoms with E-state index in [1.165, 1.54) is 17.2 Å². The minimum atomic E-state index is -1.20. The zero-order chi connectivity index (χ0) is 17.6. The third-order valence-electron chi connectivity index (χ3n) is 2.15. The maximum absolute atomic E-state index is 10.6. The molecule has 0 aliphatic carbocycles. The highest BCUT2D eigenvalue weighted by molar-refractivity contribution is 7.71. The maximum Gasteiger partial charge on any atom is 0.360 e. The Kier molecular flexibility index (Phi) is 6.35. The number of aromatic amines is 2. The molecule has 0 unspecified atom stereocenters. The quantitative estimate of drug-likeness (QED) is 0.241. The Morgan fingerprint density at radius 2 is 2.17 bits per heavy atom. The molecule has 2 heterocycles. The summed E-state index contributed by atoms with van der Waals surface area (Å²) in [5.74, 6) is -1.20. The Bertz CT molecular complexity index is 892. The molecule has 0 saturated carbocycles. The van der Waals surface area contributed by atoms with Crippen molar-refractivity contribution in [1.82, 2.24) is 19.7 Å². The molecular formula is C10H12N6O5S2. The molecule has 23 heavy (non-hydrogen) atoms. The predicted molar refractivity (Wildman–Crippen MR) is 85.2 cm³/mol. The number of rotatable bonds is 3. The van der Waals surface area contributed by atoms with Gasteiger partial charge >= 0.3 is 17.1 Å². The summed E-state index contributed by atoms with van der Waals surface area (Å²) >= 11 is 5.78. The van der Waals surface area contributed by atoms with E-state index in [-0.39, 0.29) is 16.2 Å². The lowest BCUT2D eigenvalue weighted by atomic mass is 10.3. The van der Waals surface area contributed by atoms with E-state index in [1.54, 1.807) is 7.05 Å². The SMILES string of the molecule is CO/N=C(\C(=O)O)c1csc(N)n1.Cn1[nH]c(=O)c(=O)[nH]c1=S. The van der Waals surface area contributed by atoms with Crippen LogP contribution in [-0.2, 0) is 16.7 Å². The summed E-state index contributed by atoms with van der Waals surface area (Å²) in [5, 5.41) is 16.0. The lowest BCUT2D eigenvalue weighted by molar-refractivity contribution is -0.129. The van der Waals surface area contributed by atoms with Gasteiger partial charge in [0.15, 0.2) is 9.90 Å². The van der Waals surface area contributed by atoms with Gasteiger partial charge < -0.3 is 15.7 Å². The lowest BCUT2D eigenvalue weighted by Crippen LogP contribution is -2.33. The number of nitrogens with zero attached hydrogens (tertiary/aromatic N) is 3. The number of H-pyrrole nitrogens is 2. The van der Waals surface area contributed by atoms with Crippen LogP contribution in [0.25, 0.3) is 0 Å². The molecule has 2 aromatic rings. The Hall–Kier alpha value is -2.80. The molecule has 0 aliphatic heterocycles. The minimum absolute atomic E-state index is 0.199. The van der Waals surface area contributed by atoms with Gasteiger partial charge in [0.1, 0.15) is 12.8 Å². The Morgan fingerprint density at radius 3 is 2.61 bits per heavy atom. The van der Waals surface area contributed by atoms with Crippen molar-refractivity contribution >= 4 is 40.4 Å². The van der Waals surface area contributed by atoms with Crippen LogP contribution in [0.5, 0.6) is 0 Å². The lowest BCUT2D eigenvalue weighted by Gasteiger charge is -1.94. The van der Waals surface area contributed by atoms with Crippen LogP contribution in [0.1, 0.15) is 5.69 Å². The highest BCUT2D eigenvalue weighted by Crippen LogP contribution is 2.12. The fourth-order valence-corrected chi connectivity index (χ4v) is 1.86. The summed E-state index contributed by atoms with van der Waals surface area (Å²) in [6.07, 6.45) is 0. The molecule has 0 bridgehead atoms. The summed E-state index contributed by atoms with van der Waals surface area (Å²) in [5.41, 5.74) is 3.87. The van der Waals surface area contributed by atoms with E-state index in [2.05, 4.69) is 37.3 Å². The number of oxime groups is 1. The topological polar surface area (TPSA) is 168 Å². The first-order valence-corrected chi connectivity index (χ1v) is 7.00. The van der Waals surface area contributed by atoms with Crippen molar-refractivity contribution < 1.29 is 14.7 Å². The number of nitrogen functional groups attached to an aromatic ring is 1. The first-order valence-electron chi connectivity index (χ1n) is 5.71. The molecule has 0 radical (unpaired) electrons. The molecule has 0 fully saturated rings. The molecule has 0 aliphatic rings. The average Bonchev–Trinajstić information content (AvgIpc) is 2.89. The van der Waals surface area contributed by atoms with E-state index in [0.29, 0.717) is 5.13 Å². The molecule has 13 heteroatoms. The van der Waals surface area contributed by atoms with Crippen molar-refractivity contribution in [3.05, 3.63) is 36.6 Å². The average molecular weight is 360 g/mol. The van der Waals surface area contributed by atoms with Crippen LogP contribution in [-0.4, -0.2) is 43.6 Å². The van der Waals surface area contributed by atoms with E-state index in [1.807, 2.05) is 0 Å². The number of nitrogens with two attached hydrogens (primary N) is 1. The summed E-state index contributed by atoms with van der Waals surface area (Å²) in [7, 11) is 2.80. The number of carbonyl (C=O) groups is 1. The number of aromatic nitrogens is 4. The highest BCUT2D eigenvalue weighted by atomic mass is 32.1. The molecule has 5 N–H and O–H groups in total. The van der Waals surface area contributed by atoms with Gasteiger partial charge in [-0.15, -0.1) is 11.3 Å². The van der Waals surface area contributed by atoms with Gasteiger partial charge in [-0.25, -0.2) is 9.78 Å². The summed E-state index contributed by atoms with van der Waals surface area (Å²) in [6.45, 7) is 0. The number of nitrogens with one attached hydrogen (secondary N) is 2. The third kappa shape index (κ3) is 5.15. The Labute approximate surface area is 137 Å². The Balaban J connectivity index is 0.000000238. The first-order chi connectivity index (χ1) is 10.8. The molecule has 11 nitrogen and oxygen atoms in total. The van der Waals surface area contributed by atoms with Crippen molar-refractivity contribution in [1.29, 1.82) is 0 Å². The van der Waals surface area contributed by atoms with Gasteiger partial charge in [0.05, 0.1) is 0 Å². The standard InChI is InChI=1S/C6H7N3O3S.C4H5N3O2S/c1-12-9-4(5(10)11)3-2-13-6(7)8-3;1-7-4(10)5-2(8)3(9)6-7/h2H,1H3,(H2,7,8)(H,10,11);1H3,(H,6,9)(H,5,8,10)/b9-4-;. The smallest absolute Gasteiger partial charge is 0.360 e. The van der Waals surface area contributed by atoms with Crippen molar-refractivity contribution in [3.63, 3.8) is 0 Å². The number of thiazole rings is 1. The van der Waals surface area contributed by atoms with Gasteiger partial charge in [-0.2, -0.15) is 0 Å². The number of aryl methyl sites for hydroxylation is 1. The zero-order valence-electron chi connectivity index (χ0n) is 11.9. The molecule has 0 spiro atoms. The van der Waals surface area contributed by atoms with Crippen LogP contribution in [0.3, 0.4) is 0 Å². The molecule has 2 aromatic heterocycles. The molecule has 0 amide bonds. The number of carboxylic acids is 1. The molecule has 0 atom stereocenters. The number of hydrogen-bond donors (Lipinski definition) is 4. The van der Waals surface area contributed by atoms with Gasteiger partial charge in [-0.3, -0.25) is 24.4 Å². The van der Waals surface area contributed by atoms with Crippen molar-refractivity contribution in [2.24, 2.45) is 12.2 Å². The molecule has 2 rings (SSSR count). The van der Waals surface area contributed by atoms with Crippen LogP contribution < -0.4 is 16.9 Å². The van der Waals surface area contributed by atoms with E-state index >= 15 is 0 Å². The highest BCUT2D eigenvalue weighted by Gasteiger charge is 2.16.